The highest BCUT2D eigenvalue weighted by Gasteiger charge is 2.14. The Hall–Kier alpha value is -0.930. The number of nitrogens with one attached hydrogen (secondary N) is 1. The van der Waals surface area contributed by atoms with Crippen molar-refractivity contribution in [1.82, 2.24) is 10.2 Å². The van der Waals surface area contributed by atoms with Gasteiger partial charge in [0, 0.05) is 32.2 Å². The minimum Gasteiger partial charge on any atom is -0.313 e. The van der Waals surface area contributed by atoms with Crippen molar-refractivity contribution in [3.05, 3.63) is 35.6 Å². The second-order valence-corrected chi connectivity index (χ2v) is 4.75. The first-order valence-electron chi connectivity index (χ1n) is 6.48. The summed E-state index contributed by atoms with van der Waals surface area (Å²) < 4.78 is 13.1. The molecule has 0 spiro atoms. The van der Waals surface area contributed by atoms with Crippen LogP contribution in [0, 0.1) is 5.82 Å². The largest absolute Gasteiger partial charge is 0.313 e. The Balaban J connectivity index is 1.90. The van der Waals surface area contributed by atoms with Crippen LogP contribution in [-0.2, 0) is 6.54 Å². The number of benzene rings is 1. The highest BCUT2D eigenvalue weighted by atomic mass is 19.1. The summed E-state index contributed by atoms with van der Waals surface area (Å²) >= 11 is 0. The van der Waals surface area contributed by atoms with Crippen LogP contribution in [0.2, 0.25) is 0 Å². The molecule has 17 heavy (non-hydrogen) atoms. The molecular formula is C14H21FN2. The van der Waals surface area contributed by atoms with E-state index in [9.17, 15) is 4.39 Å². The summed E-state index contributed by atoms with van der Waals surface area (Å²) in [4.78, 5) is 2.40. The maximum atomic E-state index is 13.1. The lowest BCUT2D eigenvalue weighted by Gasteiger charge is -2.19. The molecule has 0 aromatic heterocycles. The monoisotopic (exact) mass is 236 g/mol. The first kappa shape index (κ1) is 12.5. The fourth-order valence-corrected chi connectivity index (χ4v) is 2.38. The quantitative estimate of drug-likeness (QED) is 0.867. The third-order valence-corrected chi connectivity index (χ3v) is 3.44. The molecule has 1 aromatic carbocycles. The predicted molar refractivity (Wildman–Crippen MR) is 68.4 cm³/mol. The Labute approximate surface area is 103 Å². The van der Waals surface area contributed by atoms with E-state index in [1.165, 1.54) is 18.9 Å². The maximum Gasteiger partial charge on any atom is 0.123 e. The third kappa shape index (κ3) is 3.79. The van der Waals surface area contributed by atoms with Gasteiger partial charge in [-0.1, -0.05) is 19.1 Å². The highest BCUT2D eigenvalue weighted by Crippen LogP contribution is 2.10. The van der Waals surface area contributed by atoms with E-state index < -0.39 is 0 Å². The van der Waals surface area contributed by atoms with E-state index in [-0.39, 0.29) is 5.82 Å². The van der Waals surface area contributed by atoms with Gasteiger partial charge < -0.3 is 5.32 Å². The molecule has 1 aromatic rings. The normalized spacial score (nSPS) is 22.4. The van der Waals surface area contributed by atoms with E-state index in [2.05, 4.69) is 17.1 Å². The van der Waals surface area contributed by atoms with Crippen LogP contribution in [0.1, 0.15) is 25.3 Å². The fraction of sp³-hybridized carbons (Fsp3) is 0.571. The molecule has 0 radical (unpaired) electrons. The second kappa shape index (κ2) is 6.12. The van der Waals surface area contributed by atoms with Crippen molar-refractivity contribution in [2.75, 3.05) is 19.6 Å². The molecule has 1 unspecified atom stereocenters. The van der Waals surface area contributed by atoms with Gasteiger partial charge in [0.15, 0.2) is 0 Å². The SMILES string of the molecule is CCC1CCN(Cc2cccc(F)c2)CCN1. The minimum atomic E-state index is -0.137. The summed E-state index contributed by atoms with van der Waals surface area (Å²) in [7, 11) is 0. The molecule has 3 heteroatoms. The van der Waals surface area contributed by atoms with Crippen molar-refractivity contribution in [2.45, 2.75) is 32.4 Å². The number of rotatable bonds is 3. The number of hydrogen-bond acceptors (Lipinski definition) is 2. The van der Waals surface area contributed by atoms with Gasteiger partial charge in [-0.05, 0) is 30.5 Å². The Morgan fingerprint density at radius 1 is 1.41 bits per heavy atom. The molecule has 1 fully saturated rings. The zero-order valence-corrected chi connectivity index (χ0v) is 10.5. The van der Waals surface area contributed by atoms with E-state index in [0.717, 1.165) is 31.7 Å². The molecule has 1 aliphatic heterocycles. The molecule has 1 atom stereocenters. The van der Waals surface area contributed by atoms with Gasteiger partial charge in [0.1, 0.15) is 5.82 Å². The van der Waals surface area contributed by atoms with Crippen molar-refractivity contribution >= 4 is 0 Å². The molecule has 2 rings (SSSR count). The van der Waals surface area contributed by atoms with Gasteiger partial charge in [-0.3, -0.25) is 4.90 Å². The molecule has 0 bridgehead atoms. The van der Waals surface area contributed by atoms with Crippen LogP contribution in [0.25, 0.3) is 0 Å². The summed E-state index contributed by atoms with van der Waals surface area (Å²) in [5.74, 6) is -0.137. The van der Waals surface area contributed by atoms with Crippen LogP contribution in [0.3, 0.4) is 0 Å². The zero-order chi connectivity index (χ0) is 12.1. The molecule has 0 saturated carbocycles. The Morgan fingerprint density at radius 3 is 3.06 bits per heavy atom. The van der Waals surface area contributed by atoms with Crippen LogP contribution in [-0.4, -0.2) is 30.6 Å². The molecule has 0 aliphatic carbocycles. The molecule has 94 valence electrons. The van der Waals surface area contributed by atoms with Gasteiger partial charge in [-0.25, -0.2) is 4.39 Å². The summed E-state index contributed by atoms with van der Waals surface area (Å²) in [5.41, 5.74) is 1.07. The van der Waals surface area contributed by atoms with E-state index in [1.807, 2.05) is 6.07 Å². The van der Waals surface area contributed by atoms with Crippen LogP contribution in [0.15, 0.2) is 24.3 Å². The van der Waals surface area contributed by atoms with Crippen LogP contribution < -0.4 is 5.32 Å². The lowest BCUT2D eigenvalue weighted by Crippen LogP contribution is -2.29. The Bertz CT molecular complexity index is 354. The van der Waals surface area contributed by atoms with Crippen molar-refractivity contribution in [2.24, 2.45) is 0 Å². The summed E-state index contributed by atoms with van der Waals surface area (Å²) in [5, 5.41) is 3.54. The summed E-state index contributed by atoms with van der Waals surface area (Å²) in [6, 6.07) is 7.57. The van der Waals surface area contributed by atoms with Gasteiger partial charge in [-0.15, -0.1) is 0 Å². The van der Waals surface area contributed by atoms with Gasteiger partial charge in [0.25, 0.3) is 0 Å². The molecule has 2 nitrogen and oxygen atoms in total. The molecule has 1 heterocycles. The maximum absolute atomic E-state index is 13.1. The van der Waals surface area contributed by atoms with Crippen molar-refractivity contribution < 1.29 is 4.39 Å². The summed E-state index contributed by atoms with van der Waals surface area (Å²) in [6.45, 7) is 6.26. The number of nitrogens with zero attached hydrogens (tertiary/aromatic N) is 1. The Morgan fingerprint density at radius 2 is 2.29 bits per heavy atom. The van der Waals surface area contributed by atoms with Crippen LogP contribution in [0.5, 0.6) is 0 Å². The van der Waals surface area contributed by atoms with E-state index >= 15 is 0 Å². The van der Waals surface area contributed by atoms with Crippen molar-refractivity contribution in [3.63, 3.8) is 0 Å². The first-order chi connectivity index (χ1) is 8.28. The van der Waals surface area contributed by atoms with Gasteiger partial charge in [0.2, 0.25) is 0 Å². The van der Waals surface area contributed by atoms with Crippen molar-refractivity contribution in [1.29, 1.82) is 0 Å². The minimum absolute atomic E-state index is 0.137. The lowest BCUT2D eigenvalue weighted by molar-refractivity contribution is 0.281. The second-order valence-electron chi connectivity index (χ2n) is 4.75. The molecular weight excluding hydrogens is 215 g/mol. The van der Waals surface area contributed by atoms with E-state index in [4.69, 9.17) is 0 Å². The van der Waals surface area contributed by atoms with E-state index in [0.29, 0.717) is 6.04 Å². The first-order valence-corrected chi connectivity index (χ1v) is 6.48. The fourth-order valence-electron chi connectivity index (χ4n) is 2.38. The van der Waals surface area contributed by atoms with Gasteiger partial charge in [0.05, 0.1) is 0 Å². The van der Waals surface area contributed by atoms with Crippen LogP contribution >= 0.6 is 0 Å². The van der Waals surface area contributed by atoms with E-state index in [1.54, 1.807) is 12.1 Å². The lowest BCUT2D eigenvalue weighted by atomic mass is 10.1. The molecule has 0 amide bonds. The molecule has 1 aliphatic rings. The molecule has 1 N–H and O–H groups in total. The highest BCUT2D eigenvalue weighted by molar-refractivity contribution is 5.16. The van der Waals surface area contributed by atoms with Gasteiger partial charge >= 0.3 is 0 Å². The topological polar surface area (TPSA) is 15.3 Å². The number of halogens is 1. The van der Waals surface area contributed by atoms with Crippen molar-refractivity contribution in [3.8, 4) is 0 Å². The predicted octanol–water partition coefficient (Wildman–Crippen LogP) is 2.40. The Kier molecular flexibility index (Phi) is 4.51. The van der Waals surface area contributed by atoms with Crippen LogP contribution in [0.4, 0.5) is 4.39 Å². The summed E-state index contributed by atoms with van der Waals surface area (Å²) in [6.07, 6.45) is 2.37. The third-order valence-electron chi connectivity index (χ3n) is 3.44. The zero-order valence-electron chi connectivity index (χ0n) is 10.5. The molecule has 1 saturated heterocycles. The average molecular weight is 236 g/mol. The number of hydrogen-bond donors (Lipinski definition) is 1. The smallest absolute Gasteiger partial charge is 0.123 e. The standard InChI is InChI=1S/C14H21FN2/c1-2-14-6-8-17(9-7-16-14)11-12-4-3-5-13(15)10-12/h3-5,10,14,16H,2,6-9,11H2,1H3. The average Bonchev–Trinajstić information content (AvgIpc) is 2.54. The van der Waals surface area contributed by atoms with Gasteiger partial charge in [-0.2, -0.15) is 0 Å².